The van der Waals surface area contributed by atoms with Crippen molar-refractivity contribution in [2.75, 3.05) is 5.32 Å². The fourth-order valence-corrected chi connectivity index (χ4v) is 2.52. The third-order valence-electron chi connectivity index (χ3n) is 3.51. The van der Waals surface area contributed by atoms with E-state index in [1.807, 2.05) is 18.2 Å². The first-order chi connectivity index (χ1) is 12.0. The molecule has 10 heteroatoms. The molecule has 0 fully saturated rings. The van der Waals surface area contributed by atoms with Crippen LogP contribution < -0.4 is 5.32 Å². The number of carbonyl (C=O) groups is 1. The standard InChI is InChI=1S/C15H13ClN6O3/c1-20-14(13(7-17-20)22(24)25)15(23)19-11-6-18-21(9-11)8-10-4-2-3-5-12(10)16/h2-7,9H,8H2,1H3,(H,19,23). The second kappa shape index (κ2) is 6.73. The molecule has 0 bridgehead atoms. The summed E-state index contributed by atoms with van der Waals surface area (Å²) in [6.45, 7) is 0.432. The van der Waals surface area contributed by atoms with E-state index in [1.165, 1.54) is 13.2 Å². The van der Waals surface area contributed by atoms with E-state index < -0.39 is 10.8 Å². The number of aryl methyl sites for hydroxylation is 1. The zero-order chi connectivity index (χ0) is 18.0. The van der Waals surface area contributed by atoms with Gasteiger partial charge in [0, 0.05) is 18.3 Å². The van der Waals surface area contributed by atoms with E-state index in [1.54, 1.807) is 16.9 Å². The summed E-state index contributed by atoms with van der Waals surface area (Å²) in [6, 6.07) is 7.36. The lowest BCUT2D eigenvalue weighted by Crippen LogP contribution is -2.17. The van der Waals surface area contributed by atoms with Gasteiger partial charge in [0.15, 0.2) is 0 Å². The summed E-state index contributed by atoms with van der Waals surface area (Å²) >= 11 is 6.11. The van der Waals surface area contributed by atoms with Crippen molar-refractivity contribution in [1.29, 1.82) is 0 Å². The van der Waals surface area contributed by atoms with Crippen molar-refractivity contribution in [3.63, 3.8) is 0 Å². The predicted octanol–water partition coefficient (Wildman–Crippen LogP) is 2.48. The Balaban J connectivity index is 1.76. The van der Waals surface area contributed by atoms with Crippen LogP contribution in [0, 0.1) is 10.1 Å². The van der Waals surface area contributed by atoms with Gasteiger partial charge in [-0.05, 0) is 11.6 Å². The van der Waals surface area contributed by atoms with E-state index in [-0.39, 0.29) is 11.4 Å². The molecule has 0 saturated carbocycles. The lowest BCUT2D eigenvalue weighted by Gasteiger charge is -2.04. The summed E-state index contributed by atoms with van der Waals surface area (Å²) in [5.74, 6) is -0.635. The van der Waals surface area contributed by atoms with E-state index >= 15 is 0 Å². The van der Waals surface area contributed by atoms with Crippen LogP contribution in [-0.2, 0) is 13.6 Å². The highest BCUT2D eigenvalue weighted by molar-refractivity contribution is 6.31. The number of aromatic nitrogens is 4. The minimum absolute atomic E-state index is 0.135. The fourth-order valence-electron chi connectivity index (χ4n) is 2.33. The lowest BCUT2D eigenvalue weighted by atomic mass is 10.2. The van der Waals surface area contributed by atoms with Crippen LogP contribution in [0.5, 0.6) is 0 Å². The Morgan fingerprint density at radius 2 is 2.08 bits per heavy atom. The summed E-state index contributed by atoms with van der Waals surface area (Å²) in [5.41, 5.74) is 0.798. The largest absolute Gasteiger partial charge is 0.320 e. The van der Waals surface area contributed by atoms with Crippen molar-refractivity contribution >= 4 is 28.9 Å². The SMILES string of the molecule is Cn1ncc([N+](=O)[O-])c1C(=O)Nc1cnn(Cc2ccccc2Cl)c1. The Hall–Kier alpha value is -3.20. The number of nitrogens with zero attached hydrogens (tertiary/aromatic N) is 5. The van der Waals surface area contributed by atoms with Crippen molar-refractivity contribution in [1.82, 2.24) is 19.6 Å². The number of hydrogen-bond donors (Lipinski definition) is 1. The van der Waals surface area contributed by atoms with Gasteiger partial charge >= 0.3 is 5.69 Å². The molecule has 0 aliphatic heterocycles. The molecule has 0 aliphatic rings. The quantitative estimate of drug-likeness (QED) is 0.555. The van der Waals surface area contributed by atoms with Gasteiger partial charge in [-0.3, -0.25) is 24.3 Å². The highest BCUT2D eigenvalue weighted by atomic mass is 35.5. The van der Waals surface area contributed by atoms with E-state index in [0.717, 1.165) is 16.4 Å². The van der Waals surface area contributed by atoms with Crippen LogP contribution in [0.2, 0.25) is 5.02 Å². The first-order valence-corrected chi connectivity index (χ1v) is 7.57. The Labute approximate surface area is 147 Å². The zero-order valence-corrected chi connectivity index (χ0v) is 13.8. The molecule has 0 unspecified atom stereocenters. The smallest absolute Gasteiger partial charge is 0.318 e. The van der Waals surface area contributed by atoms with E-state index in [2.05, 4.69) is 15.5 Å². The Morgan fingerprint density at radius 1 is 1.32 bits per heavy atom. The topological polar surface area (TPSA) is 108 Å². The summed E-state index contributed by atoms with van der Waals surface area (Å²) in [6.07, 6.45) is 4.11. The first-order valence-electron chi connectivity index (χ1n) is 7.19. The molecule has 1 amide bonds. The molecule has 0 saturated heterocycles. The number of halogens is 1. The second-order valence-electron chi connectivity index (χ2n) is 5.23. The first kappa shape index (κ1) is 16.7. The molecule has 3 aromatic rings. The molecule has 0 spiro atoms. The molecule has 128 valence electrons. The highest BCUT2D eigenvalue weighted by Gasteiger charge is 2.25. The molecule has 0 atom stereocenters. The molecule has 2 aromatic heterocycles. The third-order valence-corrected chi connectivity index (χ3v) is 3.88. The van der Waals surface area contributed by atoms with Gasteiger partial charge in [0.1, 0.15) is 6.20 Å². The van der Waals surface area contributed by atoms with Crippen molar-refractivity contribution in [2.45, 2.75) is 6.54 Å². The van der Waals surface area contributed by atoms with Gasteiger partial charge in [-0.2, -0.15) is 10.2 Å². The van der Waals surface area contributed by atoms with Gasteiger partial charge in [-0.25, -0.2) is 0 Å². The van der Waals surface area contributed by atoms with E-state index in [0.29, 0.717) is 17.3 Å². The summed E-state index contributed by atoms with van der Waals surface area (Å²) in [4.78, 5) is 22.6. The second-order valence-corrected chi connectivity index (χ2v) is 5.64. The van der Waals surface area contributed by atoms with Crippen LogP contribution in [0.15, 0.2) is 42.9 Å². The number of hydrogen-bond acceptors (Lipinski definition) is 5. The lowest BCUT2D eigenvalue weighted by molar-refractivity contribution is -0.385. The zero-order valence-electron chi connectivity index (χ0n) is 13.1. The monoisotopic (exact) mass is 360 g/mol. The minimum atomic E-state index is -0.650. The van der Waals surface area contributed by atoms with Gasteiger partial charge in [0.05, 0.1) is 23.4 Å². The predicted molar refractivity (Wildman–Crippen MR) is 90.6 cm³/mol. The fraction of sp³-hybridized carbons (Fsp3) is 0.133. The van der Waals surface area contributed by atoms with E-state index in [4.69, 9.17) is 11.6 Å². The molecule has 0 radical (unpaired) electrons. The maximum atomic E-state index is 12.3. The van der Waals surface area contributed by atoms with Gasteiger partial charge in [0.2, 0.25) is 5.69 Å². The molecular weight excluding hydrogens is 348 g/mol. The number of rotatable bonds is 5. The molecule has 1 aromatic carbocycles. The van der Waals surface area contributed by atoms with Crippen LogP contribution in [0.25, 0.3) is 0 Å². The maximum Gasteiger partial charge on any atom is 0.320 e. The molecule has 1 N–H and O–H groups in total. The molecule has 9 nitrogen and oxygen atoms in total. The van der Waals surface area contributed by atoms with Crippen LogP contribution in [0.1, 0.15) is 16.1 Å². The maximum absolute atomic E-state index is 12.3. The number of nitro groups is 1. The van der Waals surface area contributed by atoms with Crippen molar-refractivity contribution < 1.29 is 9.72 Å². The highest BCUT2D eigenvalue weighted by Crippen LogP contribution is 2.20. The molecule has 25 heavy (non-hydrogen) atoms. The van der Waals surface area contributed by atoms with Crippen molar-refractivity contribution in [3.8, 4) is 0 Å². The average molecular weight is 361 g/mol. The Kier molecular flexibility index (Phi) is 4.48. The Morgan fingerprint density at radius 3 is 2.80 bits per heavy atom. The summed E-state index contributed by atoms with van der Waals surface area (Å²) in [7, 11) is 1.46. The molecule has 2 heterocycles. The molecule has 3 rings (SSSR count). The molecule has 0 aliphatic carbocycles. The van der Waals surface area contributed by atoms with E-state index in [9.17, 15) is 14.9 Å². The average Bonchev–Trinajstić information content (AvgIpc) is 3.16. The van der Waals surface area contributed by atoms with Crippen LogP contribution in [-0.4, -0.2) is 30.4 Å². The van der Waals surface area contributed by atoms with Crippen LogP contribution >= 0.6 is 11.6 Å². The number of carbonyl (C=O) groups excluding carboxylic acids is 1. The number of amides is 1. The normalized spacial score (nSPS) is 10.6. The van der Waals surface area contributed by atoms with Gasteiger partial charge < -0.3 is 5.32 Å². The summed E-state index contributed by atoms with van der Waals surface area (Å²) < 4.78 is 2.76. The number of benzene rings is 1. The van der Waals surface area contributed by atoms with Crippen molar-refractivity contribution in [3.05, 3.63) is 69.3 Å². The number of anilines is 1. The third kappa shape index (κ3) is 3.50. The van der Waals surface area contributed by atoms with Gasteiger partial charge in [-0.15, -0.1) is 0 Å². The van der Waals surface area contributed by atoms with Crippen LogP contribution in [0.3, 0.4) is 0 Å². The minimum Gasteiger partial charge on any atom is -0.318 e. The van der Waals surface area contributed by atoms with Crippen LogP contribution in [0.4, 0.5) is 11.4 Å². The molecular formula is C15H13ClN6O3. The Bertz CT molecular complexity index is 948. The van der Waals surface area contributed by atoms with Gasteiger partial charge in [0.25, 0.3) is 5.91 Å². The van der Waals surface area contributed by atoms with Crippen molar-refractivity contribution in [2.24, 2.45) is 7.05 Å². The number of nitrogens with one attached hydrogen (secondary N) is 1. The summed E-state index contributed by atoms with van der Waals surface area (Å²) in [5, 5.41) is 22.1. The van der Waals surface area contributed by atoms with Gasteiger partial charge in [-0.1, -0.05) is 29.8 Å².